The molecule has 3 aromatic rings. The zero-order valence-corrected chi connectivity index (χ0v) is 11.5. The average Bonchev–Trinajstić information content (AvgIpc) is 2.87. The first-order chi connectivity index (χ1) is 10.6. The number of hydrogen-bond donors (Lipinski definition) is 1. The summed E-state index contributed by atoms with van der Waals surface area (Å²) in [5.41, 5.74) is 1.10. The largest absolute Gasteiger partial charge is 0.481 e. The van der Waals surface area contributed by atoms with Gasteiger partial charge in [-0.3, -0.25) is 14.2 Å². The Bertz CT molecular complexity index is 868. The van der Waals surface area contributed by atoms with Gasteiger partial charge in [-0.25, -0.2) is 4.39 Å². The van der Waals surface area contributed by atoms with Crippen molar-refractivity contribution in [2.24, 2.45) is 0 Å². The molecule has 1 heterocycles. The zero-order chi connectivity index (χ0) is 15.7. The molecule has 1 aromatic heterocycles. The highest BCUT2D eigenvalue weighted by atomic mass is 19.1. The van der Waals surface area contributed by atoms with Crippen LogP contribution in [0.15, 0.2) is 54.7 Å². The smallest absolute Gasteiger partial charge is 0.307 e. The van der Waals surface area contributed by atoms with Crippen molar-refractivity contribution in [3.05, 3.63) is 71.7 Å². The van der Waals surface area contributed by atoms with Crippen LogP contribution in [0.4, 0.5) is 4.39 Å². The van der Waals surface area contributed by atoms with Crippen LogP contribution < -0.4 is 0 Å². The molecule has 1 N–H and O–H groups in total. The van der Waals surface area contributed by atoms with Gasteiger partial charge in [-0.05, 0) is 29.8 Å². The van der Waals surface area contributed by atoms with Gasteiger partial charge in [0, 0.05) is 17.1 Å². The molecule has 0 bridgehead atoms. The van der Waals surface area contributed by atoms with Gasteiger partial charge in [-0.1, -0.05) is 24.3 Å². The maximum Gasteiger partial charge on any atom is 0.307 e. The second kappa shape index (κ2) is 5.44. The van der Waals surface area contributed by atoms with E-state index >= 15 is 0 Å². The van der Waals surface area contributed by atoms with E-state index in [1.54, 1.807) is 36.4 Å². The van der Waals surface area contributed by atoms with Gasteiger partial charge in [0.15, 0.2) is 0 Å². The molecule has 0 saturated carbocycles. The monoisotopic (exact) mass is 297 g/mol. The molecule has 0 amide bonds. The first-order valence-electron chi connectivity index (χ1n) is 6.68. The van der Waals surface area contributed by atoms with Gasteiger partial charge in [0.05, 0.1) is 11.9 Å². The standard InChI is InChI=1S/C17H12FNO3/c18-13-7-4-8-14-16(13)12(9-15(20)21)10-19(14)17(22)11-5-2-1-3-6-11/h1-8,10H,9H2,(H,20,21). The molecule has 0 saturated heterocycles. The quantitative estimate of drug-likeness (QED) is 0.808. The van der Waals surface area contributed by atoms with E-state index < -0.39 is 11.8 Å². The molecule has 110 valence electrons. The lowest BCUT2D eigenvalue weighted by atomic mass is 10.1. The van der Waals surface area contributed by atoms with Crippen LogP contribution in [0.1, 0.15) is 15.9 Å². The molecule has 0 aliphatic heterocycles. The SMILES string of the molecule is O=C(O)Cc1cn(C(=O)c2ccccc2)c2cccc(F)c12. The Kier molecular flexibility index (Phi) is 3.47. The fraction of sp³-hybridized carbons (Fsp3) is 0.0588. The summed E-state index contributed by atoms with van der Waals surface area (Å²) in [6, 6.07) is 12.9. The molecule has 0 unspecified atom stereocenters. The van der Waals surface area contributed by atoms with Gasteiger partial charge in [-0.2, -0.15) is 0 Å². The van der Waals surface area contributed by atoms with Crippen molar-refractivity contribution in [2.45, 2.75) is 6.42 Å². The molecule has 0 radical (unpaired) electrons. The third-order valence-corrected chi connectivity index (χ3v) is 3.44. The number of carbonyl (C=O) groups excluding carboxylic acids is 1. The van der Waals surface area contributed by atoms with E-state index in [-0.39, 0.29) is 23.3 Å². The summed E-state index contributed by atoms with van der Waals surface area (Å²) in [6.45, 7) is 0. The van der Waals surface area contributed by atoms with E-state index in [9.17, 15) is 14.0 Å². The molecule has 0 atom stereocenters. The first kappa shape index (κ1) is 14.0. The molecule has 0 fully saturated rings. The number of carbonyl (C=O) groups is 2. The molecular weight excluding hydrogens is 285 g/mol. The van der Waals surface area contributed by atoms with Gasteiger partial charge < -0.3 is 5.11 Å². The Morgan fingerprint density at radius 2 is 1.77 bits per heavy atom. The fourth-order valence-corrected chi connectivity index (χ4v) is 2.51. The highest BCUT2D eigenvalue weighted by Crippen LogP contribution is 2.25. The Morgan fingerprint density at radius 1 is 1.05 bits per heavy atom. The van der Waals surface area contributed by atoms with Gasteiger partial charge in [0.2, 0.25) is 0 Å². The Hall–Kier alpha value is -2.95. The predicted octanol–water partition coefficient (Wildman–Crippen LogP) is 3.10. The van der Waals surface area contributed by atoms with Crippen molar-refractivity contribution in [2.75, 3.05) is 0 Å². The maximum atomic E-state index is 14.1. The van der Waals surface area contributed by atoms with Crippen molar-refractivity contribution in [1.82, 2.24) is 4.57 Å². The second-order valence-electron chi connectivity index (χ2n) is 4.90. The van der Waals surface area contributed by atoms with Crippen LogP contribution in [0.2, 0.25) is 0 Å². The number of carboxylic acids is 1. The summed E-state index contributed by atoms with van der Waals surface area (Å²) < 4.78 is 15.4. The Balaban J connectivity index is 2.20. The molecule has 0 aliphatic carbocycles. The number of fused-ring (bicyclic) bond motifs is 1. The molecule has 22 heavy (non-hydrogen) atoms. The fourth-order valence-electron chi connectivity index (χ4n) is 2.51. The minimum atomic E-state index is -1.07. The van der Waals surface area contributed by atoms with Crippen LogP contribution in [0.5, 0.6) is 0 Å². The van der Waals surface area contributed by atoms with E-state index in [2.05, 4.69) is 0 Å². The molecule has 4 nitrogen and oxygen atoms in total. The van der Waals surface area contributed by atoms with Gasteiger partial charge in [-0.15, -0.1) is 0 Å². The van der Waals surface area contributed by atoms with Crippen LogP contribution >= 0.6 is 0 Å². The zero-order valence-electron chi connectivity index (χ0n) is 11.5. The highest BCUT2D eigenvalue weighted by molar-refractivity contribution is 6.03. The number of nitrogens with zero attached hydrogens (tertiary/aromatic N) is 1. The summed E-state index contributed by atoms with van der Waals surface area (Å²) in [5, 5.41) is 9.14. The Labute approximate surface area is 125 Å². The number of hydrogen-bond acceptors (Lipinski definition) is 2. The van der Waals surface area contributed by atoms with Crippen molar-refractivity contribution in [3.63, 3.8) is 0 Å². The first-order valence-corrected chi connectivity index (χ1v) is 6.68. The number of carboxylic acid groups (broad SMARTS) is 1. The topological polar surface area (TPSA) is 59.3 Å². The minimum Gasteiger partial charge on any atom is -0.481 e. The molecule has 0 aliphatic rings. The lowest BCUT2D eigenvalue weighted by Crippen LogP contribution is -2.10. The molecule has 2 aromatic carbocycles. The Morgan fingerprint density at radius 3 is 2.45 bits per heavy atom. The number of aliphatic carboxylic acids is 1. The molecule has 0 spiro atoms. The van der Waals surface area contributed by atoms with Crippen LogP contribution in [0.25, 0.3) is 10.9 Å². The summed E-state index contributed by atoms with van der Waals surface area (Å²) in [5.74, 6) is -1.93. The van der Waals surface area contributed by atoms with Gasteiger partial charge >= 0.3 is 5.97 Å². The van der Waals surface area contributed by atoms with E-state index in [4.69, 9.17) is 5.11 Å². The third-order valence-electron chi connectivity index (χ3n) is 3.44. The summed E-state index contributed by atoms with van der Waals surface area (Å²) in [6.07, 6.45) is 1.06. The van der Waals surface area contributed by atoms with Crippen LogP contribution in [0, 0.1) is 5.82 Å². The second-order valence-corrected chi connectivity index (χ2v) is 4.90. The van der Waals surface area contributed by atoms with Crippen molar-refractivity contribution in [1.29, 1.82) is 0 Å². The van der Waals surface area contributed by atoms with E-state index in [0.29, 0.717) is 11.1 Å². The number of halogens is 1. The van der Waals surface area contributed by atoms with Crippen LogP contribution in [-0.2, 0) is 11.2 Å². The molecular formula is C17H12FNO3. The summed E-state index contributed by atoms with van der Waals surface area (Å²) in [7, 11) is 0. The summed E-state index contributed by atoms with van der Waals surface area (Å²) >= 11 is 0. The molecule has 3 rings (SSSR count). The minimum absolute atomic E-state index is 0.175. The van der Waals surface area contributed by atoms with Gasteiger partial charge in [0.1, 0.15) is 5.82 Å². The summed E-state index contributed by atoms with van der Waals surface area (Å²) in [4.78, 5) is 23.5. The van der Waals surface area contributed by atoms with Crippen molar-refractivity contribution >= 4 is 22.8 Å². The van der Waals surface area contributed by atoms with Crippen LogP contribution in [0.3, 0.4) is 0 Å². The predicted molar refractivity (Wildman–Crippen MR) is 79.4 cm³/mol. The van der Waals surface area contributed by atoms with Gasteiger partial charge in [0.25, 0.3) is 5.91 Å². The normalized spacial score (nSPS) is 10.8. The maximum absolute atomic E-state index is 14.1. The lowest BCUT2D eigenvalue weighted by molar-refractivity contribution is -0.136. The highest BCUT2D eigenvalue weighted by Gasteiger charge is 2.18. The van der Waals surface area contributed by atoms with E-state index in [1.165, 1.54) is 22.9 Å². The lowest BCUT2D eigenvalue weighted by Gasteiger charge is -2.04. The van der Waals surface area contributed by atoms with E-state index in [1.807, 2.05) is 0 Å². The van der Waals surface area contributed by atoms with Crippen LogP contribution in [-0.4, -0.2) is 21.6 Å². The van der Waals surface area contributed by atoms with Crippen molar-refractivity contribution < 1.29 is 19.1 Å². The number of rotatable bonds is 3. The van der Waals surface area contributed by atoms with E-state index in [0.717, 1.165) is 0 Å². The van der Waals surface area contributed by atoms with Crippen molar-refractivity contribution in [3.8, 4) is 0 Å². The molecule has 5 heteroatoms. The number of benzene rings is 2. The average molecular weight is 297 g/mol. The third kappa shape index (κ3) is 2.37. The number of aromatic nitrogens is 1.